The zero-order valence-electron chi connectivity index (χ0n) is 11.5. The number of benzene rings is 1. The highest BCUT2D eigenvalue weighted by atomic mass is 127. The third-order valence-corrected chi connectivity index (χ3v) is 7.47. The van der Waals surface area contributed by atoms with Gasteiger partial charge in [-0.05, 0) is 25.0 Å². The zero-order chi connectivity index (χ0) is 14.2. The van der Waals surface area contributed by atoms with Gasteiger partial charge in [0.15, 0.2) is 0 Å². The van der Waals surface area contributed by atoms with E-state index in [1.165, 1.54) is 0 Å². The van der Waals surface area contributed by atoms with Crippen LogP contribution in [0.4, 0.5) is 0 Å². The maximum Gasteiger partial charge on any atom is 0.244 e. The second-order valence-corrected chi connectivity index (χ2v) is 8.21. The van der Waals surface area contributed by atoms with Gasteiger partial charge in [-0.15, -0.1) is 0 Å². The SMILES string of the molecule is CCC(CC)[C@@H]1[C@H](I)N1S(=O)(=O)c1ccc(C)cc1. The predicted octanol–water partition coefficient (Wildman–Crippen LogP) is 3.57. The van der Waals surface area contributed by atoms with Gasteiger partial charge in [0.1, 0.15) is 0 Å². The summed E-state index contributed by atoms with van der Waals surface area (Å²) in [5.74, 6) is 0.460. The van der Waals surface area contributed by atoms with E-state index in [4.69, 9.17) is 0 Å². The molecule has 0 aromatic heterocycles. The predicted molar refractivity (Wildman–Crippen MR) is 85.9 cm³/mol. The standard InChI is InChI=1S/C14H20INO2S/c1-4-11(5-2)13-14(15)16(13)19(17,18)12-8-6-10(3)7-9-12/h6-9,11,13-14H,4-5H2,1-3H3/t13-,14-,16?/m1/s1. The highest BCUT2D eigenvalue weighted by Crippen LogP contribution is 2.45. The molecule has 0 spiro atoms. The monoisotopic (exact) mass is 393 g/mol. The van der Waals surface area contributed by atoms with Crippen LogP contribution in [0, 0.1) is 12.8 Å². The largest absolute Gasteiger partial charge is 0.244 e. The fourth-order valence-corrected chi connectivity index (χ4v) is 6.43. The number of halogens is 1. The summed E-state index contributed by atoms with van der Waals surface area (Å²) < 4.78 is 26.9. The first kappa shape index (κ1) is 15.3. The van der Waals surface area contributed by atoms with Crippen LogP contribution < -0.4 is 0 Å². The molecule has 0 aliphatic carbocycles. The Morgan fingerprint density at radius 2 is 1.74 bits per heavy atom. The van der Waals surface area contributed by atoms with Gasteiger partial charge in [0.25, 0.3) is 0 Å². The molecule has 1 aromatic rings. The van der Waals surface area contributed by atoms with Gasteiger partial charge in [0.05, 0.1) is 15.0 Å². The normalized spacial score (nSPS) is 26.7. The van der Waals surface area contributed by atoms with E-state index in [9.17, 15) is 8.42 Å². The number of rotatable bonds is 5. The van der Waals surface area contributed by atoms with Crippen molar-refractivity contribution in [2.24, 2.45) is 5.92 Å². The van der Waals surface area contributed by atoms with Gasteiger partial charge in [-0.25, -0.2) is 8.42 Å². The Labute approximate surface area is 129 Å². The first-order chi connectivity index (χ1) is 8.93. The molecule has 1 heterocycles. The van der Waals surface area contributed by atoms with Crippen LogP contribution in [0.5, 0.6) is 0 Å². The molecule has 0 amide bonds. The number of alkyl halides is 1. The average molecular weight is 393 g/mol. The van der Waals surface area contributed by atoms with Gasteiger partial charge in [-0.3, -0.25) is 0 Å². The van der Waals surface area contributed by atoms with Crippen molar-refractivity contribution in [2.45, 2.75) is 48.6 Å². The quantitative estimate of drug-likeness (QED) is 0.332. The maximum atomic E-state index is 12.6. The van der Waals surface area contributed by atoms with Crippen LogP contribution in [-0.2, 0) is 10.0 Å². The van der Waals surface area contributed by atoms with Crippen LogP contribution >= 0.6 is 22.6 Å². The lowest BCUT2D eigenvalue weighted by Gasteiger charge is -2.12. The van der Waals surface area contributed by atoms with Crippen LogP contribution in [-0.4, -0.2) is 22.8 Å². The van der Waals surface area contributed by atoms with Gasteiger partial charge in [-0.2, -0.15) is 4.31 Å². The molecule has 0 saturated carbocycles. The molecule has 1 saturated heterocycles. The number of aryl methyl sites for hydroxylation is 1. The minimum Gasteiger partial charge on any atom is -0.207 e. The van der Waals surface area contributed by atoms with Crippen LogP contribution in [0.2, 0.25) is 0 Å². The third kappa shape index (κ3) is 2.83. The first-order valence-corrected chi connectivity index (χ1v) is 9.36. The third-order valence-electron chi connectivity index (χ3n) is 3.86. The van der Waals surface area contributed by atoms with E-state index in [0.717, 1.165) is 18.4 Å². The highest BCUT2D eigenvalue weighted by Gasteiger charge is 2.56. The average Bonchev–Trinajstić information content (AvgIpc) is 3.04. The molecule has 19 heavy (non-hydrogen) atoms. The second kappa shape index (κ2) is 5.69. The Kier molecular flexibility index (Phi) is 4.57. The Hall–Kier alpha value is -0.140. The van der Waals surface area contributed by atoms with Crippen LogP contribution in [0.15, 0.2) is 29.2 Å². The Morgan fingerprint density at radius 1 is 1.21 bits per heavy atom. The van der Waals surface area contributed by atoms with E-state index >= 15 is 0 Å². The molecular weight excluding hydrogens is 373 g/mol. The minimum absolute atomic E-state index is 0.105. The summed E-state index contributed by atoms with van der Waals surface area (Å²) >= 11 is 2.25. The molecule has 0 bridgehead atoms. The Bertz CT molecular complexity index is 537. The number of sulfonamides is 1. The topological polar surface area (TPSA) is 37.1 Å². The molecule has 3 atom stereocenters. The van der Waals surface area contributed by atoms with E-state index < -0.39 is 10.0 Å². The summed E-state index contributed by atoms with van der Waals surface area (Å²) in [5, 5.41) is 0. The van der Waals surface area contributed by atoms with E-state index in [2.05, 4.69) is 36.4 Å². The van der Waals surface area contributed by atoms with Crippen molar-refractivity contribution in [3.63, 3.8) is 0 Å². The lowest BCUT2D eigenvalue weighted by atomic mass is 10.00. The van der Waals surface area contributed by atoms with Crippen molar-refractivity contribution in [3.8, 4) is 0 Å². The molecule has 0 N–H and O–H groups in total. The molecule has 3 nitrogen and oxygen atoms in total. The van der Waals surface area contributed by atoms with Gasteiger partial charge in [0, 0.05) is 0 Å². The van der Waals surface area contributed by atoms with Gasteiger partial charge in [-0.1, -0.05) is 67.0 Å². The molecule has 5 heteroatoms. The van der Waals surface area contributed by atoms with Crippen LogP contribution in [0.1, 0.15) is 32.3 Å². The minimum atomic E-state index is -3.32. The molecule has 1 aliphatic heterocycles. The van der Waals surface area contributed by atoms with Gasteiger partial charge >= 0.3 is 0 Å². The molecule has 1 aromatic carbocycles. The Balaban J connectivity index is 2.25. The van der Waals surface area contributed by atoms with E-state index in [1.807, 2.05) is 19.1 Å². The van der Waals surface area contributed by atoms with Crippen LogP contribution in [0.25, 0.3) is 0 Å². The van der Waals surface area contributed by atoms with E-state index in [1.54, 1.807) is 16.4 Å². The zero-order valence-corrected chi connectivity index (χ0v) is 14.5. The smallest absolute Gasteiger partial charge is 0.207 e. The van der Waals surface area contributed by atoms with Crippen molar-refractivity contribution in [1.82, 2.24) is 4.31 Å². The first-order valence-electron chi connectivity index (χ1n) is 6.67. The molecule has 1 unspecified atom stereocenters. The number of hydrogen-bond acceptors (Lipinski definition) is 2. The van der Waals surface area contributed by atoms with Crippen molar-refractivity contribution < 1.29 is 8.42 Å². The molecule has 106 valence electrons. The van der Waals surface area contributed by atoms with Crippen molar-refractivity contribution in [2.75, 3.05) is 0 Å². The summed E-state index contributed by atoms with van der Waals surface area (Å²) in [6.45, 7) is 6.22. The fraction of sp³-hybridized carbons (Fsp3) is 0.571. The summed E-state index contributed by atoms with van der Waals surface area (Å²) in [4.78, 5) is 0.410. The second-order valence-electron chi connectivity index (χ2n) is 5.09. The molecule has 2 rings (SSSR count). The van der Waals surface area contributed by atoms with Crippen molar-refractivity contribution in [1.29, 1.82) is 0 Å². The number of hydrogen-bond donors (Lipinski definition) is 0. The summed E-state index contributed by atoms with van der Waals surface area (Å²) in [5.41, 5.74) is 1.08. The summed E-state index contributed by atoms with van der Waals surface area (Å²) in [6.07, 6.45) is 2.06. The number of nitrogens with zero attached hydrogens (tertiary/aromatic N) is 1. The molecule has 1 fully saturated rings. The summed E-state index contributed by atoms with van der Waals surface area (Å²) in [7, 11) is -3.32. The van der Waals surface area contributed by atoms with Crippen molar-refractivity contribution in [3.05, 3.63) is 29.8 Å². The van der Waals surface area contributed by atoms with Gasteiger partial charge < -0.3 is 0 Å². The lowest BCUT2D eigenvalue weighted by Crippen LogP contribution is -2.19. The summed E-state index contributed by atoms with van der Waals surface area (Å²) in [6, 6.07) is 7.28. The Morgan fingerprint density at radius 3 is 2.21 bits per heavy atom. The van der Waals surface area contributed by atoms with E-state index in [-0.39, 0.29) is 10.1 Å². The fourth-order valence-electron chi connectivity index (χ4n) is 2.53. The maximum absolute atomic E-state index is 12.6. The van der Waals surface area contributed by atoms with E-state index in [0.29, 0.717) is 10.8 Å². The molecule has 0 radical (unpaired) electrons. The molecule has 1 aliphatic rings. The molecular formula is C14H20INO2S. The van der Waals surface area contributed by atoms with Gasteiger partial charge in [0.2, 0.25) is 10.0 Å². The van der Waals surface area contributed by atoms with Crippen molar-refractivity contribution >= 4 is 32.6 Å². The van der Waals surface area contributed by atoms with Crippen LogP contribution in [0.3, 0.4) is 0 Å². The highest BCUT2D eigenvalue weighted by molar-refractivity contribution is 14.1. The lowest BCUT2D eigenvalue weighted by molar-refractivity contribution is 0.441.